The maximum Gasteiger partial charge on any atom is 0.238 e. The summed E-state index contributed by atoms with van der Waals surface area (Å²) in [6, 6.07) is 16.0. The van der Waals surface area contributed by atoms with Gasteiger partial charge in [-0.2, -0.15) is 0 Å². The van der Waals surface area contributed by atoms with Gasteiger partial charge in [0.05, 0.1) is 7.11 Å². The molecule has 0 aliphatic rings. The molecule has 1 atom stereocenters. The molecule has 0 aliphatic carbocycles. The number of rotatable bonds is 7. The molecule has 0 heterocycles. The monoisotopic (exact) mass is 347 g/mol. The van der Waals surface area contributed by atoms with Crippen molar-refractivity contribution in [3.8, 4) is 5.75 Å². The van der Waals surface area contributed by atoms with Crippen LogP contribution in [0.5, 0.6) is 5.75 Å². The zero-order valence-electron chi connectivity index (χ0n) is 13.7. The number of para-hydroxylation sites is 1. The van der Waals surface area contributed by atoms with E-state index in [0.717, 1.165) is 5.56 Å². The molecule has 6 heteroatoms. The van der Waals surface area contributed by atoms with Crippen molar-refractivity contribution in [3.05, 3.63) is 60.2 Å². The molecular weight excluding hydrogens is 326 g/mol. The quantitative estimate of drug-likeness (QED) is 0.833. The highest BCUT2D eigenvalue weighted by Gasteiger charge is 2.31. The number of hydrogen-bond donors (Lipinski definition) is 1. The molecule has 5 nitrogen and oxygen atoms in total. The van der Waals surface area contributed by atoms with E-state index in [1.165, 1.54) is 20.1 Å². The zero-order chi connectivity index (χ0) is 17.6. The van der Waals surface area contributed by atoms with Crippen LogP contribution in [0.3, 0.4) is 0 Å². The molecule has 0 saturated heterocycles. The third-order valence-corrected chi connectivity index (χ3v) is 5.86. The Kier molecular flexibility index (Phi) is 5.98. The van der Waals surface area contributed by atoms with Gasteiger partial charge in [-0.3, -0.25) is 4.79 Å². The fourth-order valence-electron chi connectivity index (χ4n) is 2.30. The van der Waals surface area contributed by atoms with E-state index in [0.29, 0.717) is 13.0 Å². The topological polar surface area (TPSA) is 72.5 Å². The number of nitrogens with one attached hydrogen (secondary N) is 1. The number of amides is 1. The molecule has 0 saturated carbocycles. The van der Waals surface area contributed by atoms with Gasteiger partial charge in [-0.05, 0) is 31.0 Å². The van der Waals surface area contributed by atoms with Crippen LogP contribution in [-0.4, -0.2) is 33.2 Å². The average molecular weight is 347 g/mol. The van der Waals surface area contributed by atoms with E-state index < -0.39 is 21.0 Å². The average Bonchev–Trinajstić information content (AvgIpc) is 2.61. The van der Waals surface area contributed by atoms with Crippen LogP contribution in [-0.2, 0) is 21.1 Å². The highest BCUT2D eigenvalue weighted by atomic mass is 32.2. The number of hydrogen-bond acceptors (Lipinski definition) is 4. The number of methoxy groups -OCH3 is 1. The van der Waals surface area contributed by atoms with Crippen molar-refractivity contribution in [1.82, 2.24) is 5.32 Å². The van der Waals surface area contributed by atoms with Crippen molar-refractivity contribution in [2.75, 3.05) is 13.7 Å². The van der Waals surface area contributed by atoms with Crippen molar-refractivity contribution in [2.24, 2.45) is 0 Å². The summed E-state index contributed by atoms with van der Waals surface area (Å²) in [4.78, 5) is 12.2. The number of carbonyl (C=O) groups is 1. The zero-order valence-corrected chi connectivity index (χ0v) is 14.5. The molecule has 2 aromatic rings. The van der Waals surface area contributed by atoms with Crippen molar-refractivity contribution in [2.45, 2.75) is 23.5 Å². The Morgan fingerprint density at radius 1 is 1.08 bits per heavy atom. The van der Waals surface area contributed by atoms with Crippen LogP contribution in [0.15, 0.2) is 59.5 Å². The first-order chi connectivity index (χ1) is 11.5. The lowest BCUT2D eigenvalue weighted by molar-refractivity contribution is -0.120. The van der Waals surface area contributed by atoms with Gasteiger partial charge >= 0.3 is 0 Å². The molecule has 2 rings (SSSR count). The second kappa shape index (κ2) is 7.97. The van der Waals surface area contributed by atoms with Crippen LogP contribution in [0.4, 0.5) is 0 Å². The second-order valence-corrected chi connectivity index (χ2v) is 7.60. The summed E-state index contributed by atoms with van der Waals surface area (Å²) in [5.41, 5.74) is 1.08. The molecule has 0 aliphatic heterocycles. The largest absolute Gasteiger partial charge is 0.495 e. The summed E-state index contributed by atoms with van der Waals surface area (Å²) in [5.74, 6) is -0.279. The predicted molar refractivity (Wildman–Crippen MR) is 92.8 cm³/mol. The van der Waals surface area contributed by atoms with E-state index in [9.17, 15) is 13.2 Å². The van der Waals surface area contributed by atoms with Crippen molar-refractivity contribution >= 4 is 15.7 Å². The highest BCUT2D eigenvalue weighted by Crippen LogP contribution is 2.26. The molecule has 1 unspecified atom stereocenters. The molecule has 2 aromatic carbocycles. The lowest BCUT2D eigenvalue weighted by Gasteiger charge is -2.15. The van der Waals surface area contributed by atoms with E-state index >= 15 is 0 Å². The minimum atomic E-state index is -3.81. The van der Waals surface area contributed by atoms with Crippen molar-refractivity contribution in [1.29, 1.82) is 0 Å². The normalized spacial score (nSPS) is 12.4. The fourth-order valence-corrected chi connectivity index (χ4v) is 3.75. The summed E-state index contributed by atoms with van der Waals surface area (Å²) >= 11 is 0. The molecule has 0 aromatic heterocycles. The van der Waals surface area contributed by atoms with E-state index in [1.807, 2.05) is 30.3 Å². The van der Waals surface area contributed by atoms with Crippen LogP contribution >= 0.6 is 0 Å². The molecule has 1 N–H and O–H groups in total. The maximum absolute atomic E-state index is 12.6. The van der Waals surface area contributed by atoms with Gasteiger partial charge in [0.25, 0.3) is 0 Å². The number of benzene rings is 2. The van der Waals surface area contributed by atoms with Gasteiger partial charge < -0.3 is 10.1 Å². The molecule has 128 valence electrons. The van der Waals surface area contributed by atoms with E-state index in [1.54, 1.807) is 18.2 Å². The van der Waals surface area contributed by atoms with Gasteiger partial charge in [0, 0.05) is 6.54 Å². The predicted octanol–water partition coefficient (Wildman–Crippen LogP) is 2.22. The third-order valence-electron chi connectivity index (χ3n) is 3.77. The smallest absolute Gasteiger partial charge is 0.238 e. The van der Waals surface area contributed by atoms with Gasteiger partial charge in [-0.25, -0.2) is 8.42 Å². The summed E-state index contributed by atoms with van der Waals surface area (Å²) < 4.78 is 30.4. The molecule has 0 fully saturated rings. The number of sulfone groups is 1. The highest BCUT2D eigenvalue weighted by molar-refractivity contribution is 7.92. The third kappa shape index (κ3) is 4.14. The molecule has 0 radical (unpaired) electrons. The summed E-state index contributed by atoms with van der Waals surface area (Å²) in [6.45, 7) is 1.77. The van der Waals surface area contributed by atoms with Gasteiger partial charge in [-0.1, -0.05) is 42.5 Å². The first-order valence-corrected chi connectivity index (χ1v) is 9.20. The Morgan fingerprint density at radius 3 is 2.38 bits per heavy atom. The van der Waals surface area contributed by atoms with Crippen LogP contribution in [0.1, 0.15) is 12.5 Å². The van der Waals surface area contributed by atoms with Gasteiger partial charge in [-0.15, -0.1) is 0 Å². The van der Waals surface area contributed by atoms with Crippen LogP contribution in [0.2, 0.25) is 0 Å². The summed E-state index contributed by atoms with van der Waals surface area (Å²) in [7, 11) is -2.41. The molecule has 0 bridgehead atoms. The minimum Gasteiger partial charge on any atom is -0.495 e. The summed E-state index contributed by atoms with van der Waals surface area (Å²) in [6.07, 6.45) is 0.647. The molecular formula is C18H21NO4S. The minimum absolute atomic E-state index is 0.0261. The summed E-state index contributed by atoms with van der Waals surface area (Å²) in [5, 5.41) is 1.50. The van der Waals surface area contributed by atoms with E-state index in [-0.39, 0.29) is 10.6 Å². The lowest BCUT2D eigenvalue weighted by Crippen LogP contribution is -2.38. The Labute approximate surface area is 142 Å². The van der Waals surface area contributed by atoms with Gasteiger partial charge in [0.2, 0.25) is 5.91 Å². The first-order valence-electron chi connectivity index (χ1n) is 7.65. The maximum atomic E-state index is 12.6. The van der Waals surface area contributed by atoms with Gasteiger partial charge in [0.1, 0.15) is 15.9 Å². The molecule has 0 spiro atoms. The van der Waals surface area contributed by atoms with Gasteiger partial charge in [0.15, 0.2) is 9.84 Å². The van der Waals surface area contributed by atoms with Crippen molar-refractivity contribution in [3.63, 3.8) is 0 Å². The fraction of sp³-hybridized carbons (Fsp3) is 0.278. The van der Waals surface area contributed by atoms with Crippen LogP contribution < -0.4 is 10.1 Å². The Morgan fingerprint density at radius 2 is 1.71 bits per heavy atom. The lowest BCUT2D eigenvalue weighted by atomic mass is 10.1. The molecule has 24 heavy (non-hydrogen) atoms. The SMILES string of the molecule is COc1ccccc1S(=O)(=O)C(C)C(=O)NCCc1ccccc1. The van der Waals surface area contributed by atoms with E-state index in [4.69, 9.17) is 4.74 Å². The van der Waals surface area contributed by atoms with E-state index in [2.05, 4.69) is 5.32 Å². The second-order valence-electron chi connectivity index (χ2n) is 5.36. The van der Waals surface area contributed by atoms with Crippen molar-refractivity contribution < 1.29 is 17.9 Å². The Hall–Kier alpha value is -2.34. The Balaban J connectivity index is 2.03. The Bertz CT molecular complexity index is 788. The first kappa shape index (κ1) is 18.0. The standard InChI is InChI=1S/C18H21NO4S/c1-14(18(20)19-13-12-15-8-4-3-5-9-15)24(21,22)17-11-7-6-10-16(17)23-2/h3-11,14H,12-13H2,1-2H3,(H,19,20). The number of carbonyl (C=O) groups excluding carboxylic acids is 1. The molecule has 1 amide bonds. The van der Waals surface area contributed by atoms with Crippen LogP contribution in [0, 0.1) is 0 Å². The van der Waals surface area contributed by atoms with Crippen LogP contribution in [0.25, 0.3) is 0 Å². The number of ether oxygens (including phenoxy) is 1.